The van der Waals surface area contributed by atoms with Gasteiger partial charge < -0.3 is 9.88 Å². The fourth-order valence-electron chi connectivity index (χ4n) is 2.03. The molecule has 2 N–H and O–H groups in total. The molecule has 0 fully saturated rings. The molecule has 0 atom stereocenters. The van der Waals surface area contributed by atoms with E-state index in [1.54, 1.807) is 29.3 Å². The van der Waals surface area contributed by atoms with E-state index in [1.165, 1.54) is 0 Å². The van der Waals surface area contributed by atoms with Gasteiger partial charge in [-0.3, -0.25) is 4.68 Å². The van der Waals surface area contributed by atoms with Crippen LogP contribution in [0.5, 0.6) is 0 Å². The Labute approximate surface area is 124 Å². The molecule has 0 radical (unpaired) electrons. The third-order valence-corrected chi connectivity index (χ3v) is 4.50. The Bertz CT molecular complexity index is 662. The second kappa shape index (κ2) is 6.83. The highest BCUT2D eigenvalue weighted by atomic mass is 32.2. The van der Waals surface area contributed by atoms with E-state index in [4.69, 9.17) is 0 Å². The van der Waals surface area contributed by atoms with Crippen LogP contribution < -0.4 is 10.0 Å². The zero-order valence-electron chi connectivity index (χ0n) is 12.2. The molecule has 0 saturated heterocycles. The zero-order valence-corrected chi connectivity index (χ0v) is 13.0. The van der Waals surface area contributed by atoms with Crippen LogP contribution in [0.4, 0.5) is 0 Å². The molecule has 0 aromatic carbocycles. The number of sulfonamides is 1. The molecule has 0 amide bonds. The fourth-order valence-corrected chi connectivity index (χ4v) is 3.11. The molecular weight excluding hydrogens is 292 g/mol. The van der Waals surface area contributed by atoms with Gasteiger partial charge in [-0.1, -0.05) is 5.21 Å². The van der Waals surface area contributed by atoms with Gasteiger partial charge in [-0.05, 0) is 20.0 Å². The van der Waals surface area contributed by atoms with Crippen molar-refractivity contribution in [2.24, 2.45) is 0 Å². The number of nitrogens with zero attached hydrogens (tertiary/aromatic N) is 4. The zero-order chi connectivity index (χ0) is 15.3. The van der Waals surface area contributed by atoms with Gasteiger partial charge >= 0.3 is 0 Å². The van der Waals surface area contributed by atoms with Crippen molar-refractivity contribution in [1.82, 2.24) is 29.6 Å². The molecule has 0 bridgehead atoms. The Morgan fingerprint density at radius 3 is 2.81 bits per heavy atom. The first kappa shape index (κ1) is 15.7. The quantitative estimate of drug-likeness (QED) is 0.704. The molecule has 0 aliphatic rings. The monoisotopic (exact) mass is 312 g/mol. The van der Waals surface area contributed by atoms with Crippen molar-refractivity contribution in [2.45, 2.75) is 31.5 Å². The highest BCUT2D eigenvalue weighted by Crippen LogP contribution is 2.14. The lowest BCUT2D eigenvalue weighted by Gasteiger charge is -2.04. The average molecular weight is 312 g/mol. The maximum atomic E-state index is 12.3. The maximum absolute atomic E-state index is 12.3. The van der Waals surface area contributed by atoms with Gasteiger partial charge in [0.2, 0.25) is 10.0 Å². The SMILES string of the molecule is CCn1cc(S(=O)(=O)NCCn2ccnn2)cc1CNC. The first-order valence-electron chi connectivity index (χ1n) is 6.74. The van der Waals surface area contributed by atoms with Gasteiger partial charge in [-0.25, -0.2) is 13.1 Å². The Balaban J connectivity index is 2.04. The molecule has 2 aromatic heterocycles. The molecule has 2 heterocycles. The van der Waals surface area contributed by atoms with Crippen molar-refractivity contribution < 1.29 is 8.42 Å². The van der Waals surface area contributed by atoms with Crippen LogP contribution in [0.15, 0.2) is 29.6 Å². The van der Waals surface area contributed by atoms with Crippen LogP contribution in [0.2, 0.25) is 0 Å². The predicted molar refractivity (Wildman–Crippen MR) is 78.1 cm³/mol. The van der Waals surface area contributed by atoms with Crippen LogP contribution in [0.25, 0.3) is 0 Å². The van der Waals surface area contributed by atoms with Gasteiger partial charge in [0.15, 0.2) is 0 Å². The predicted octanol–water partition coefficient (Wildman–Crippen LogP) is -0.203. The highest BCUT2D eigenvalue weighted by molar-refractivity contribution is 7.89. The molecule has 2 aromatic rings. The van der Waals surface area contributed by atoms with Gasteiger partial charge in [0.25, 0.3) is 0 Å². The summed E-state index contributed by atoms with van der Waals surface area (Å²) >= 11 is 0. The molecule has 116 valence electrons. The molecule has 0 aliphatic carbocycles. The number of rotatable bonds is 8. The summed E-state index contributed by atoms with van der Waals surface area (Å²) < 4.78 is 30.6. The number of aryl methyl sites for hydroxylation is 1. The van der Waals surface area contributed by atoms with Crippen molar-refractivity contribution in [3.63, 3.8) is 0 Å². The van der Waals surface area contributed by atoms with E-state index in [2.05, 4.69) is 20.4 Å². The van der Waals surface area contributed by atoms with E-state index in [0.29, 0.717) is 13.1 Å². The van der Waals surface area contributed by atoms with Crippen LogP contribution in [0.3, 0.4) is 0 Å². The second-order valence-electron chi connectivity index (χ2n) is 4.55. The van der Waals surface area contributed by atoms with Gasteiger partial charge in [0.05, 0.1) is 17.6 Å². The lowest BCUT2D eigenvalue weighted by Crippen LogP contribution is -2.27. The molecular formula is C12H20N6O2S. The molecule has 8 nitrogen and oxygen atoms in total. The molecule has 21 heavy (non-hydrogen) atoms. The van der Waals surface area contributed by atoms with Crippen LogP contribution in [0.1, 0.15) is 12.6 Å². The van der Waals surface area contributed by atoms with E-state index >= 15 is 0 Å². The molecule has 0 aliphatic heterocycles. The van der Waals surface area contributed by atoms with E-state index < -0.39 is 10.0 Å². The maximum Gasteiger partial charge on any atom is 0.242 e. The minimum Gasteiger partial charge on any atom is -0.349 e. The lowest BCUT2D eigenvalue weighted by molar-refractivity contribution is 0.552. The first-order chi connectivity index (χ1) is 10.1. The van der Waals surface area contributed by atoms with E-state index in [-0.39, 0.29) is 11.4 Å². The third kappa shape index (κ3) is 3.90. The number of hydrogen-bond donors (Lipinski definition) is 2. The topological polar surface area (TPSA) is 93.8 Å². The summed E-state index contributed by atoms with van der Waals surface area (Å²) in [7, 11) is -1.67. The van der Waals surface area contributed by atoms with Gasteiger partial charge in [0, 0.05) is 37.7 Å². The molecule has 0 unspecified atom stereocenters. The Kier molecular flexibility index (Phi) is 5.10. The van der Waals surface area contributed by atoms with Crippen molar-refractivity contribution in [2.75, 3.05) is 13.6 Å². The Morgan fingerprint density at radius 1 is 1.38 bits per heavy atom. The molecule has 9 heteroatoms. The largest absolute Gasteiger partial charge is 0.349 e. The minimum atomic E-state index is -3.50. The van der Waals surface area contributed by atoms with Crippen molar-refractivity contribution in [3.05, 3.63) is 30.4 Å². The molecule has 2 rings (SSSR count). The number of hydrogen-bond acceptors (Lipinski definition) is 5. The van der Waals surface area contributed by atoms with Crippen molar-refractivity contribution in [1.29, 1.82) is 0 Å². The summed E-state index contributed by atoms with van der Waals surface area (Å²) in [5.74, 6) is 0. The summed E-state index contributed by atoms with van der Waals surface area (Å²) in [6.45, 7) is 4.04. The van der Waals surface area contributed by atoms with Crippen LogP contribution in [-0.2, 0) is 29.7 Å². The van der Waals surface area contributed by atoms with E-state index in [1.807, 2.05) is 18.5 Å². The minimum absolute atomic E-state index is 0.268. The normalized spacial score (nSPS) is 11.9. The number of aromatic nitrogens is 4. The number of nitrogens with one attached hydrogen (secondary N) is 2. The smallest absolute Gasteiger partial charge is 0.242 e. The van der Waals surface area contributed by atoms with Crippen LogP contribution >= 0.6 is 0 Å². The van der Waals surface area contributed by atoms with Gasteiger partial charge in [0.1, 0.15) is 0 Å². The van der Waals surface area contributed by atoms with Gasteiger partial charge in [-0.2, -0.15) is 0 Å². The lowest BCUT2D eigenvalue weighted by atomic mass is 10.4. The third-order valence-electron chi connectivity index (χ3n) is 3.07. The van der Waals surface area contributed by atoms with Crippen molar-refractivity contribution in [3.8, 4) is 0 Å². The molecule has 0 spiro atoms. The summed E-state index contributed by atoms with van der Waals surface area (Å²) in [6.07, 6.45) is 4.90. The highest BCUT2D eigenvalue weighted by Gasteiger charge is 2.17. The standard InChI is InChI=1S/C12H20N6O2S/c1-3-17-10-12(8-11(17)9-13-2)21(19,20)15-5-7-18-6-4-14-16-18/h4,6,8,10,13,15H,3,5,7,9H2,1-2H3. The average Bonchev–Trinajstić information content (AvgIpc) is 3.08. The van der Waals surface area contributed by atoms with E-state index in [0.717, 1.165) is 12.2 Å². The fraction of sp³-hybridized carbons (Fsp3) is 0.500. The van der Waals surface area contributed by atoms with Crippen LogP contribution in [0, 0.1) is 0 Å². The summed E-state index contributed by atoms with van der Waals surface area (Å²) in [5, 5.41) is 10.5. The first-order valence-corrected chi connectivity index (χ1v) is 8.22. The Morgan fingerprint density at radius 2 is 2.19 bits per heavy atom. The summed E-state index contributed by atoms with van der Waals surface area (Å²) in [5.41, 5.74) is 0.941. The Hall–Kier alpha value is -1.71. The summed E-state index contributed by atoms with van der Waals surface area (Å²) in [4.78, 5) is 0.285. The van der Waals surface area contributed by atoms with Crippen molar-refractivity contribution >= 4 is 10.0 Å². The summed E-state index contributed by atoms with van der Waals surface area (Å²) in [6, 6.07) is 1.69. The van der Waals surface area contributed by atoms with Gasteiger partial charge in [-0.15, -0.1) is 5.10 Å². The van der Waals surface area contributed by atoms with Crippen LogP contribution in [-0.4, -0.2) is 41.6 Å². The second-order valence-corrected chi connectivity index (χ2v) is 6.31. The molecule has 0 saturated carbocycles. The van der Waals surface area contributed by atoms with E-state index in [9.17, 15) is 8.42 Å².